The standard InChI is InChI=1S/C90H54F8N2O3/c1-3-53-19-33-63(34-20-53)101-65-37-23-55(24-38-65)89(87-79(93)15-9-16-80(87)94)73-13-7-5-11-67(73)69-41-27-59(49-75(69)89)99(61-29-43-77(91)83(97)51-61)57-31-45-85-71(47-57)72-48-58(32-46-86(72)103-85)100(62-30-44-78(92)84(98)52-62)60-28-42-70-68-12-6-8-14-74(68)90(76(70)50-60,88-81(95)17-10-18-82(88)96)56-25-39-66(40-26-56)102-64-35-21-54(4-2)22-36-64/h3-52H,1-2H2. The first-order valence-corrected chi connectivity index (χ1v) is 33.1. The number of hydrogen-bond acceptors (Lipinski definition) is 5. The van der Waals surface area contributed by atoms with Crippen LogP contribution in [0.2, 0.25) is 0 Å². The Morgan fingerprint density at radius 1 is 0.282 bits per heavy atom. The van der Waals surface area contributed by atoms with E-state index in [0.29, 0.717) is 123 Å². The molecule has 1 aromatic heterocycles. The quantitative estimate of drug-likeness (QED) is 0.0902. The van der Waals surface area contributed by atoms with Gasteiger partial charge in [0, 0.05) is 68.2 Å². The first kappa shape index (κ1) is 63.4. The van der Waals surface area contributed by atoms with Gasteiger partial charge in [0.05, 0.1) is 10.8 Å². The largest absolute Gasteiger partial charge is 0.457 e. The van der Waals surface area contributed by atoms with Gasteiger partial charge in [0.1, 0.15) is 57.4 Å². The van der Waals surface area contributed by atoms with Crippen molar-refractivity contribution in [1.82, 2.24) is 0 Å². The van der Waals surface area contributed by atoms with Gasteiger partial charge >= 0.3 is 0 Å². The lowest BCUT2D eigenvalue weighted by molar-refractivity contribution is 0.481. The fourth-order valence-electron chi connectivity index (χ4n) is 15.3. The van der Waals surface area contributed by atoms with Crippen molar-refractivity contribution in [2.24, 2.45) is 0 Å². The highest BCUT2D eigenvalue weighted by Gasteiger charge is 2.51. The zero-order valence-electron chi connectivity index (χ0n) is 54.4. The lowest BCUT2D eigenvalue weighted by Gasteiger charge is -2.35. The molecule has 0 aliphatic heterocycles. The van der Waals surface area contributed by atoms with Crippen molar-refractivity contribution in [1.29, 1.82) is 0 Å². The Bertz CT molecular complexity index is 5540. The van der Waals surface area contributed by atoms with Crippen LogP contribution in [0.25, 0.3) is 56.3 Å². The number of ether oxygens (including phenoxy) is 2. The van der Waals surface area contributed by atoms with E-state index in [9.17, 15) is 0 Å². The van der Waals surface area contributed by atoms with E-state index in [1.807, 2.05) is 146 Å². The van der Waals surface area contributed by atoms with Crippen LogP contribution in [0.3, 0.4) is 0 Å². The molecule has 5 nitrogen and oxygen atoms in total. The molecule has 0 saturated heterocycles. The maximum Gasteiger partial charge on any atom is 0.160 e. The predicted molar refractivity (Wildman–Crippen MR) is 391 cm³/mol. The Labute approximate surface area is 586 Å². The van der Waals surface area contributed by atoms with E-state index >= 15 is 35.1 Å². The van der Waals surface area contributed by atoms with Crippen LogP contribution in [0.5, 0.6) is 23.0 Å². The molecule has 0 fully saturated rings. The van der Waals surface area contributed by atoms with Crippen molar-refractivity contribution in [3.8, 4) is 45.3 Å². The summed E-state index contributed by atoms with van der Waals surface area (Å²) in [5.41, 5.74) is 6.68. The summed E-state index contributed by atoms with van der Waals surface area (Å²) in [7, 11) is 0. The lowest BCUT2D eigenvalue weighted by Crippen LogP contribution is -2.31. The van der Waals surface area contributed by atoms with Crippen LogP contribution in [0.4, 0.5) is 69.2 Å². The maximum absolute atomic E-state index is 17.2. The highest BCUT2D eigenvalue weighted by atomic mass is 19.2. The average molecular weight is 1360 g/mol. The number of fused-ring (bicyclic) bond motifs is 9. The minimum Gasteiger partial charge on any atom is -0.457 e. The third kappa shape index (κ3) is 10.4. The van der Waals surface area contributed by atoms with Crippen molar-refractivity contribution in [2.45, 2.75) is 10.8 Å². The number of halogens is 8. The van der Waals surface area contributed by atoms with Crippen molar-refractivity contribution < 1.29 is 49.0 Å². The third-order valence-corrected chi connectivity index (χ3v) is 19.8. The van der Waals surface area contributed by atoms with E-state index in [0.717, 1.165) is 35.4 Å². The number of rotatable bonds is 16. The second-order valence-corrected chi connectivity index (χ2v) is 25.4. The first-order chi connectivity index (χ1) is 50.2. The van der Waals surface area contributed by atoms with Gasteiger partial charge in [-0.2, -0.15) is 0 Å². The highest BCUT2D eigenvalue weighted by Crippen LogP contribution is 2.61. The average Bonchev–Trinajstić information content (AvgIpc) is 1.55. The molecule has 17 rings (SSSR count). The molecule has 0 radical (unpaired) electrons. The van der Waals surface area contributed by atoms with E-state index in [2.05, 4.69) is 13.2 Å². The van der Waals surface area contributed by atoms with Crippen molar-refractivity contribution in [2.75, 3.05) is 9.80 Å². The SMILES string of the molecule is C=Cc1ccc(Oc2ccc(C3(c4c(F)cccc4F)c4ccccc4-c4ccc(N(c5ccc(F)c(F)c5)c5ccc6oc7ccc(N(c8ccc(F)c(F)c8)c8ccc9c(c8)C(c8ccc(Oc%10ccc(C=C)cc%10)cc8)(c8c(F)cccc8F)c8ccccc8-9)cc7c6c5)cc43)cc2)cc1. The Morgan fingerprint density at radius 3 is 0.971 bits per heavy atom. The van der Waals surface area contributed by atoms with Gasteiger partial charge in [-0.3, -0.25) is 0 Å². The van der Waals surface area contributed by atoms with E-state index in [1.54, 1.807) is 94.7 Å². The molecule has 1 heterocycles. The molecule has 14 aromatic carbocycles. The van der Waals surface area contributed by atoms with Crippen molar-refractivity contribution >= 4 is 68.2 Å². The van der Waals surface area contributed by atoms with Gasteiger partial charge in [-0.15, -0.1) is 0 Å². The number of benzene rings is 14. The number of hydrogen-bond donors (Lipinski definition) is 0. The molecule has 103 heavy (non-hydrogen) atoms. The van der Waals surface area contributed by atoms with Gasteiger partial charge in [-0.25, -0.2) is 35.1 Å². The fraction of sp³-hybridized carbons (Fsp3) is 0.0222. The first-order valence-electron chi connectivity index (χ1n) is 33.1. The topological polar surface area (TPSA) is 38.1 Å². The molecule has 15 aromatic rings. The predicted octanol–water partition coefficient (Wildman–Crippen LogP) is 25.2. The van der Waals surface area contributed by atoms with Gasteiger partial charge in [0.25, 0.3) is 0 Å². The number of furan rings is 1. The summed E-state index contributed by atoms with van der Waals surface area (Å²) in [6, 6.07) is 79.9. The molecule has 13 heteroatoms. The second-order valence-electron chi connectivity index (χ2n) is 25.4. The van der Waals surface area contributed by atoms with Gasteiger partial charge in [0.15, 0.2) is 23.3 Å². The fourth-order valence-corrected chi connectivity index (χ4v) is 15.3. The van der Waals surface area contributed by atoms with E-state index in [4.69, 9.17) is 13.9 Å². The molecule has 498 valence electrons. The molecule has 2 unspecified atom stereocenters. The molecule has 2 aliphatic rings. The zero-order valence-corrected chi connectivity index (χ0v) is 54.4. The van der Waals surface area contributed by atoms with Crippen molar-refractivity contribution in [3.63, 3.8) is 0 Å². The molecule has 0 bridgehead atoms. The van der Waals surface area contributed by atoms with Gasteiger partial charge in [-0.05, 0) is 224 Å². The Kier molecular flexibility index (Phi) is 15.4. The molecule has 0 saturated carbocycles. The van der Waals surface area contributed by atoms with Crippen LogP contribution in [0.1, 0.15) is 55.6 Å². The lowest BCUT2D eigenvalue weighted by atomic mass is 9.67. The molecule has 0 N–H and O–H groups in total. The van der Waals surface area contributed by atoms with Gasteiger partial charge in [-0.1, -0.05) is 147 Å². The summed E-state index contributed by atoms with van der Waals surface area (Å²) in [5, 5.41) is 1.06. The number of nitrogens with zero attached hydrogens (tertiary/aromatic N) is 2. The molecule has 2 atom stereocenters. The normalized spacial score (nSPS) is 14.8. The van der Waals surface area contributed by atoms with Crippen LogP contribution in [0, 0.1) is 46.5 Å². The van der Waals surface area contributed by atoms with Crippen molar-refractivity contribution in [3.05, 3.63) is 407 Å². The van der Waals surface area contributed by atoms with E-state index < -0.39 is 57.4 Å². The van der Waals surface area contributed by atoms with E-state index in [1.165, 1.54) is 48.5 Å². The molecular weight excluding hydrogens is 1310 g/mol. The summed E-state index contributed by atoms with van der Waals surface area (Å²) in [5.74, 6) is -5.66. The second kappa shape index (κ2) is 25.0. The number of anilines is 6. The summed E-state index contributed by atoms with van der Waals surface area (Å²) in [6.07, 6.45) is 3.45. The monoisotopic (exact) mass is 1360 g/mol. The Hall–Kier alpha value is -13.0. The maximum atomic E-state index is 17.2. The molecular formula is C90H54F8N2O3. The van der Waals surface area contributed by atoms with Crippen LogP contribution in [-0.2, 0) is 10.8 Å². The summed E-state index contributed by atoms with van der Waals surface area (Å²) in [4.78, 5) is 3.43. The Morgan fingerprint density at radius 2 is 0.602 bits per heavy atom. The van der Waals surface area contributed by atoms with Crippen LogP contribution in [0.15, 0.2) is 309 Å². The molecule has 2 aliphatic carbocycles. The van der Waals surface area contributed by atoms with E-state index in [-0.39, 0.29) is 22.5 Å². The smallest absolute Gasteiger partial charge is 0.160 e. The van der Waals surface area contributed by atoms with Gasteiger partial charge < -0.3 is 23.7 Å². The summed E-state index contributed by atoms with van der Waals surface area (Å²) >= 11 is 0. The highest BCUT2D eigenvalue weighted by molar-refractivity contribution is 6.08. The zero-order chi connectivity index (χ0) is 70.4. The van der Waals surface area contributed by atoms with Crippen LogP contribution < -0.4 is 19.3 Å². The third-order valence-electron chi connectivity index (χ3n) is 19.8. The minimum absolute atomic E-state index is 0.182. The molecule has 0 amide bonds. The minimum atomic E-state index is -1.67. The summed E-state index contributed by atoms with van der Waals surface area (Å²) in [6.45, 7) is 7.68. The van der Waals surface area contributed by atoms with Crippen LogP contribution >= 0.6 is 0 Å². The Balaban J connectivity index is 0.828. The molecule has 0 spiro atoms. The summed E-state index contributed by atoms with van der Waals surface area (Å²) < 4.78 is 150. The van der Waals surface area contributed by atoms with Crippen LogP contribution in [-0.4, -0.2) is 0 Å². The van der Waals surface area contributed by atoms with Gasteiger partial charge in [0.2, 0.25) is 0 Å².